The van der Waals surface area contributed by atoms with Crippen molar-refractivity contribution in [1.82, 2.24) is 19.9 Å². The third-order valence-corrected chi connectivity index (χ3v) is 9.45. The lowest BCUT2D eigenvalue weighted by molar-refractivity contribution is 0.00347. The quantitative estimate of drug-likeness (QED) is 0.338. The van der Waals surface area contributed by atoms with Gasteiger partial charge in [-0.25, -0.2) is 9.48 Å². The number of nitrogens with zero attached hydrogens (tertiary/aromatic N) is 4. The second kappa shape index (κ2) is 10.2. The lowest BCUT2D eigenvalue weighted by Crippen LogP contribution is -2.46. The van der Waals surface area contributed by atoms with E-state index in [1.54, 1.807) is 0 Å². The summed E-state index contributed by atoms with van der Waals surface area (Å²) in [7, 11) is -1.10. The van der Waals surface area contributed by atoms with Gasteiger partial charge in [-0.1, -0.05) is 30.9 Å². The first-order valence-corrected chi connectivity index (χ1v) is 17.0. The van der Waals surface area contributed by atoms with E-state index < -0.39 is 13.7 Å². The fraction of sp³-hybridized carbons (Fsp3) is 0.741. The largest absolute Gasteiger partial charge is 0.444 e. The first-order valence-electron chi connectivity index (χ1n) is 13.3. The minimum atomic E-state index is -1.10. The Morgan fingerprint density at radius 3 is 2.43 bits per heavy atom. The van der Waals surface area contributed by atoms with Gasteiger partial charge < -0.3 is 14.4 Å². The second-order valence-electron chi connectivity index (χ2n) is 12.9. The molecule has 35 heavy (non-hydrogen) atoms. The summed E-state index contributed by atoms with van der Waals surface area (Å²) in [6, 6.07) is 7.79. The van der Waals surface area contributed by atoms with Crippen molar-refractivity contribution in [2.45, 2.75) is 103 Å². The Balaban J connectivity index is 1.32. The summed E-state index contributed by atoms with van der Waals surface area (Å²) in [5, 5.41) is 8.68. The molecule has 1 amide bonds. The topological polar surface area (TPSA) is 69.5 Å². The number of aromatic nitrogens is 3. The van der Waals surface area contributed by atoms with E-state index in [-0.39, 0.29) is 6.09 Å². The van der Waals surface area contributed by atoms with E-state index in [1.165, 1.54) is 31.2 Å². The summed E-state index contributed by atoms with van der Waals surface area (Å²) in [6.07, 6.45) is 6.87. The summed E-state index contributed by atoms with van der Waals surface area (Å²) >= 11 is 0. The molecule has 1 saturated carbocycles. The average Bonchev–Trinajstić information content (AvgIpc) is 3.18. The van der Waals surface area contributed by atoms with Crippen molar-refractivity contribution in [1.29, 1.82) is 0 Å². The van der Waals surface area contributed by atoms with Crippen LogP contribution in [0.2, 0.25) is 25.7 Å². The third kappa shape index (κ3) is 6.85. The number of ether oxygens (including phenoxy) is 2. The predicted octanol–water partition coefficient (Wildman–Crippen LogP) is 6.42. The fourth-order valence-electron chi connectivity index (χ4n) is 5.41. The Hall–Kier alpha value is -1.93. The first kappa shape index (κ1) is 26.1. The van der Waals surface area contributed by atoms with Crippen molar-refractivity contribution in [2.24, 2.45) is 5.41 Å². The van der Waals surface area contributed by atoms with Crippen molar-refractivity contribution < 1.29 is 14.3 Å². The molecule has 2 aliphatic rings. The van der Waals surface area contributed by atoms with E-state index >= 15 is 0 Å². The molecule has 1 aromatic heterocycles. The maximum Gasteiger partial charge on any atom is 0.410 e. The maximum atomic E-state index is 12.4. The molecule has 0 radical (unpaired) electrons. The number of carbonyl (C=O) groups is 1. The van der Waals surface area contributed by atoms with Crippen LogP contribution in [0.4, 0.5) is 4.79 Å². The lowest BCUT2D eigenvalue weighted by Gasteiger charge is -2.46. The molecule has 1 aliphatic heterocycles. The molecular weight excluding hydrogens is 456 g/mol. The molecule has 1 aromatic carbocycles. The van der Waals surface area contributed by atoms with Gasteiger partial charge in [0.2, 0.25) is 0 Å². The Morgan fingerprint density at radius 1 is 1.11 bits per heavy atom. The number of carbonyl (C=O) groups excluding carboxylic acids is 1. The smallest absolute Gasteiger partial charge is 0.410 e. The molecule has 0 N–H and O–H groups in total. The Bertz CT molecular complexity index is 1010. The van der Waals surface area contributed by atoms with Crippen LogP contribution in [0.25, 0.3) is 11.0 Å². The number of hydrogen-bond donors (Lipinski definition) is 0. The van der Waals surface area contributed by atoms with E-state index in [9.17, 15) is 4.79 Å². The van der Waals surface area contributed by atoms with E-state index in [1.807, 2.05) is 30.4 Å². The van der Waals surface area contributed by atoms with Crippen molar-refractivity contribution in [3.05, 3.63) is 23.8 Å². The Labute approximate surface area is 211 Å². The molecule has 1 spiro atoms. The fourth-order valence-corrected chi connectivity index (χ4v) is 6.17. The predicted molar refractivity (Wildman–Crippen MR) is 142 cm³/mol. The minimum Gasteiger partial charge on any atom is -0.444 e. The van der Waals surface area contributed by atoms with E-state index in [0.29, 0.717) is 18.1 Å². The molecule has 2 fully saturated rings. The molecular formula is C27H44N4O3Si. The summed E-state index contributed by atoms with van der Waals surface area (Å²) < 4.78 is 13.4. The zero-order valence-electron chi connectivity index (χ0n) is 22.6. The van der Waals surface area contributed by atoms with Crippen LogP contribution in [0.15, 0.2) is 18.2 Å². The van der Waals surface area contributed by atoms with E-state index in [2.05, 4.69) is 48.2 Å². The van der Waals surface area contributed by atoms with Gasteiger partial charge in [-0.15, -0.1) is 5.10 Å². The van der Waals surface area contributed by atoms with Crippen LogP contribution in [-0.2, 0) is 16.2 Å². The molecule has 0 unspecified atom stereocenters. The standard InChI is InChI=1S/C27H44N4O3Si/c1-26(2,3)34-25(32)30-15-13-27(14-16-30)11-9-21(10-12-27)22-7-8-23-24(19-22)31(29-28-23)20-33-17-18-35(4,5)6/h7-8,19,21H,9-18,20H2,1-6H3. The van der Waals surface area contributed by atoms with Crippen molar-refractivity contribution in [3.8, 4) is 0 Å². The van der Waals surface area contributed by atoms with Gasteiger partial charge in [0.15, 0.2) is 0 Å². The van der Waals surface area contributed by atoms with E-state index in [0.717, 1.165) is 49.6 Å². The van der Waals surface area contributed by atoms with Crippen molar-refractivity contribution in [2.75, 3.05) is 19.7 Å². The summed E-state index contributed by atoms with van der Waals surface area (Å²) in [5.74, 6) is 0.574. The van der Waals surface area contributed by atoms with Gasteiger partial charge in [-0.3, -0.25) is 0 Å². The van der Waals surface area contributed by atoms with Gasteiger partial charge in [0.25, 0.3) is 0 Å². The monoisotopic (exact) mass is 500 g/mol. The minimum absolute atomic E-state index is 0.163. The number of likely N-dealkylation sites (tertiary alicyclic amines) is 1. The zero-order valence-corrected chi connectivity index (χ0v) is 23.6. The van der Waals surface area contributed by atoms with Gasteiger partial charge in [0.05, 0.1) is 5.52 Å². The molecule has 7 nitrogen and oxygen atoms in total. The van der Waals surface area contributed by atoms with Crippen LogP contribution in [0.5, 0.6) is 0 Å². The average molecular weight is 501 g/mol. The highest BCUT2D eigenvalue weighted by molar-refractivity contribution is 6.76. The Kier molecular flexibility index (Phi) is 7.62. The number of fused-ring (bicyclic) bond motifs is 1. The van der Waals surface area contributed by atoms with E-state index in [4.69, 9.17) is 9.47 Å². The van der Waals surface area contributed by atoms with Crippen LogP contribution in [-0.4, -0.2) is 59.4 Å². The number of benzene rings is 1. The van der Waals surface area contributed by atoms with Gasteiger partial charge in [-0.05, 0) is 94.4 Å². The third-order valence-electron chi connectivity index (χ3n) is 7.74. The lowest BCUT2D eigenvalue weighted by atomic mass is 9.64. The number of amides is 1. The highest BCUT2D eigenvalue weighted by atomic mass is 28.3. The maximum absolute atomic E-state index is 12.4. The zero-order chi connectivity index (χ0) is 25.3. The molecule has 194 valence electrons. The summed E-state index contributed by atoms with van der Waals surface area (Å²) in [6.45, 7) is 15.8. The molecule has 0 bridgehead atoms. The van der Waals surface area contributed by atoms with Gasteiger partial charge in [0.1, 0.15) is 17.8 Å². The molecule has 0 atom stereocenters. The summed E-state index contributed by atoms with van der Waals surface area (Å²) in [4.78, 5) is 14.3. The molecule has 4 rings (SSSR count). The molecule has 2 heterocycles. The number of piperidine rings is 1. The van der Waals surface area contributed by atoms with Crippen LogP contribution >= 0.6 is 0 Å². The molecule has 8 heteroatoms. The highest BCUT2D eigenvalue weighted by Crippen LogP contribution is 2.49. The van der Waals surface area contributed by atoms with Crippen LogP contribution < -0.4 is 0 Å². The highest BCUT2D eigenvalue weighted by Gasteiger charge is 2.40. The van der Waals surface area contributed by atoms with Gasteiger partial charge in [-0.2, -0.15) is 0 Å². The Morgan fingerprint density at radius 2 is 1.80 bits per heavy atom. The van der Waals surface area contributed by atoms with Crippen molar-refractivity contribution >= 4 is 25.2 Å². The van der Waals surface area contributed by atoms with Crippen LogP contribution in [0.1, 0.15) is 70.8 Å². The SMILES string of the molecule is CC(C)(C)OC(=O)N1CCC2(CCC(c3ccc4nnn(COCC[Si](C)(C)C)c4c3)CC2)CC1. The summed E-state index contributed by atoms with van der Waals surface area (Å²) in [5.41, 5.74) is 3.35. The molecule has 2 aromatic rings. The normalized spacial score (nSPS) is 19.4. The van der Waals surface area contributed by atoms with Crippen LogP contribution in [0, 0.1) is 5.41 Å². The number of hydrogen-bond acceptors (Lipinski definition) is 5. The van der Waals surface area contributed by atoms with Crippen molar-refractivity contribution in [3.63, 3.8) is 0 Å². The molecule has 1 saturated heterocycles. The van der Waals surface area contributed by atoms with Crippen LogP contribution in [0.3, 0.4) is 0 Å². The van der Waals surface area contributed by atoms with Gasteiger partial charge in [0, 0.05) is 27.8 Å². The molecule has 1 aliphatic carbocycles. The first-order chi connectivity index (χ1) is 16.4. The number of rotatable bonds is 6. The second-order valence-corrected chi connectivity index (χ2v) is 18.5. The van der Waals surface area contributed by atoms with Gasteiger partial charge >= 0.3 is 6.09 Å².